The smallest absolute Gasteiger partial charge is 0.237 e. The van der Waals surface area contributed by atoms with Crippen LogP contribution in [0, 0.1) is 0 Å². The van der Waals surface area contributed by atoms with Crippen molar-refractivity contribution >= 4 is 32.2 Å². The largest absolute Gasteiger partial charge is 0.508 e. The van der Waals surface area contributed by atoms with Crippen molar-refractivity contribution in [3.63, 3.8) is 0 Å². The van der Waals surface area contributed by atoms with Crippen molar-refractivity contribution in [3.05, 3.63) is 65.7 Å². The molecule has 0 spiro atoms. The van der Waals surface area contributed by atoms with Crippen LogP contribution in [0.15, 0.2) is 59.8 Å². The number of halogens is 1. The fourth-order valence-corrected chi connectivity index (χ4v) is 3.73. The second-order valence-corrected chi connectivity index (χ2v) is 8.39. The van der Waals surface area contributed by atoms with Crippen LogP contribution in [-0.4, -0.2) is 45.6 Å². The van der Waals surface area contributed by atoms with Crippen LogP contribution in [0.25, 0.3) is 0 Å². The number of nitrogens with two attached hydrogens (primary N) is 2. The first-order valence-electron chi connectivity index (χ1n) is 9.88. The summed E-state index contributed by atoms with van der Waals surface area (Å²) in [4.78, 5) is 31.2. The highest BCUT2D eigenvalue weighted by Crippen LogP contribution is 2.20. The topological polar surface area (TPSA) is 140 Å². The normalized spacial score (nSPS) is 18.4. The van der Waals surface area contributed by atoms with E-state index in [4.69, 9.17) is 16.3 Å². The molecule has 2 aromatic rings. The van der Waals surface area contributed by atoms with Crippen LogP contribution in [0.4, 0.5) is 0 Å². The van der Waals surface area contributed by atoms with Crippen LogP contribution < -0.4 is 16.8 Å². The minimum Gasteiger partial charge on any atom is -0.508 e. The van der Waals surface area contributed by atoms with Crippen molar-refractivity contribution in [2.45, 2.75) is 43.5 Å². The number of hydrogen-bond acceptors (Lipinski definition) is 7. The van der Waals surface area contributed by atoms with Gasteiger partial charge in [0.2, 0.25) is 5.91 Å². The molecule has 0 fully saturated rings. The summed E-state index contributed by atoms with van der Waals surface area (Å²) in [5.74, 6) is -0.717. The van der Waals surface area contributed by atoms with E-state index in [-0.39, 0.29) is 18.0 Å². The molecule has 1 aliphatic heterocycles. The fourth-order valence-electron chi connectivity index (χ4n) is 3.33. The molecule has 6 N–H and O–H groups in total. The SMILES string of the molecule is N[C@@H](Cc1ccc(O)cc1)C(=O)NC(C(=O)[C@@H](N)Cc1ccccc1)C1CC(Br)=NO1. The first-order valence-corrected chi connectivity index (χ1v) is 10.7. The summed E-state index contributed by atoms with van der Waals surface area (Å²) in [5, 5.41) is 15.9. The van der Waals surface area contributed by atoms with Crippen LogP contribution in [0.1, 0.15) is 17.5 Å². The van der Waals surface area contributed by atoms with E-state index in [1.807, 2.05) is 30.3 Å². The lowest BCUT2D eigenvalue weighted by Gasteiger charge is -2.26. The first kappa shape index (κ1) is 22.9. The molecule has 8 nitrogen and oxygen atoms in total. The number of rotatable bonds is 9. The molecule has 0 radical (unpaired) electrons. The number of oxime groups is 1. The molecule has 1 heterocycles. The monoisotopic (exact) mass is 488 g/mol. The highest BCUT2D eigenvalue weighted by molar-refractivity contribution is 9.18. The molecule has 3 rings (SSSR count). The summed E-state index contributed by atoms with van der Waals surface area (Å²) >= 11 is 3.26. The highest BCUT2D eigenvalue weighted by atomic mass is 79.9. The van der Waals surface area contributed by atoms with Crippen molar-refractivity contribution in [2.75, 3.05) is 0 Å². The minimum absolute atomic E-state index is 0.129. The summed E-state index contributed by atoms with van der Waals surface area (Å²) in [6.07, 6.45) is 0.241. The maximum Gasteiger partial charge on any atom is 0.237 e. The zero-order valence-electron chi connectivity index (χ0n) is 16.8. The number of carbonyl (C=O) groups is 2. The summed E-state index contributed by atoms with van der Waals surface area (Å²) in [7, 11) is 0. The van der Waals surface area contributed by atoms with E-state index in [1.54, 1.807) is 12.1 Å². The van der Waals surface area contributed by atoms with Gasteiger partial charge in [0.1, 0.15) is 16.4 Å². The van der Waals surface area contributed by atoms with Crippen molar-refractivity contribution in [2.24, 2.45) is 16.6 Å². The standard InChI is InChI=1S/C22H25BrN4O4/c23-19-12-18(31-27-19)20(21(29)16(24)10-13-4-2-1-3-5-13)26-22(30)17(25)11-14-6-8-15(28)9-7-14/h1-9,16-18,20,28H,10-12,24-25H2,(H,26,30)/t16-,17-,18?,20?/m0/s1. The Bertz CT molecular complexity index is 936. The van der Waals surface area contributed by atoms with Gasteiger partial charge in [-0.25, -0.2) is 0 Å². The number of carbonyl (C=O) groups excluding carboxylic acids is 2. The van der Waals surface area contributed by atoms with Gasteiger partial charge in [-0.15, -0.1) is 0 Å². The van der Waals surface area contributed by atoms with Gasteiger partial charge in [-0.05, 0) is 52.0 Å². The Balaban J connectivity index is 1.68. The molecule has 0 aromatic heterocycles. The Morgan fingerprint density at radius 3 is 2.29 bits per heavy atom. The number of Topliss-reactive ketones (excluding diaryl/α,β-unsaturated/α-hetero) is 1. The van der Waals surface area contributed by atoms with Crippen LogP contribution in [0.3, 0.4) is 0 Å². The van der Waals surface area contributed by atoms with E-state index < -0.39 is 30.1 Å². The molecule has 1 amide bonds. The van der Waals surface area contributed by atoms with E-state index in [2.05, 4.69) is 26.4 Å². The van der Waals surface area contributed by atoms with E-state index >= 15 is 0 Å². The maximum absolute atomic E-state index is 13.1. The molecule has 0 aliphatic carbocycles. The van der Waals surface area contributed by atoms with E-state index in [0.717, 1.165) is 11.1 Å². The van der Waals surface area contributed by atoms with Crippen molar-refractivity contribution < 1.29 is 19.5 Å². The van der Waals surface area contributed by atoms with Crippen molar-refractivity contribution in [1.29, 1.82) is 0 Å². The Kier molecular flexibility index (Phi) is 7.78. The Morgan fingerprint density at radius 2 is 1.68 bits per heavy atom. The van der Waals surface area contributed by atoms with Crippen LogP contribution in [0.5, 0.6) is 5.75 Å². The van der Waals surface area contributed by atoms with Gasteiger partial charge < -0.3 is 26.7 Å². The molecule has 0 bridgehead atoms. The first-order chi connectivity index (χ1) is 14.8. The molecule has 0 saturated heterocycles. The number of phenols is 1. The van der Waals surface area contributed by atoms with Crippen LogP contribution in [0.2, 0.25) is 0 Å². The van der Waals surface area contributed by atoms with Gasteiger partial charge in [0.05, 0.1) is 12.1 Å². The van der Waals surface area contributed by atoms with Gasteiger partial charge in [0, 0.05) is 6.42 Å². The number of nitrogens with zero attached hydrogens (tertiary/aromatic N) is 1. The number of hydrogen-bond donors (Lipinski definition) is 4. The van der Waals surface area contributed by atoms with Gasteiger partial charge in [-0.2, -0.15) is 0 Å². The molecule has 0 saturated carbocycles. The fraction of sp³-hybridized carbons (Fsp3) is 0.318. The number of phenolic OH excluding ortho intramolecular Hbond substituents is 1. The lowest BCUT2D eigenvalue weighted by atomic mass is 9.94. The predicted molar refractivity (Wildman–Crippen MR) is 121 cm³/mol. The summed E-state index contributed by atoms with van der Waals surface area (Å²) < 4.78 is 0.551. The predicted octanol–water partition coefficient (Wildman–Crippen LogP) is 1.38. The molecule has 164 valence electrons. The molecular formula is C22H25BrN4O4. The Morgan fingerprint density at radius 1 is 1.06 bits per heavy atom. The Hall–Kier alpha value is -2.75. The highest BCUT2D eigenvalue weighted by Gasteiger charge is 2.38. The second kappa shape index (κ2) is 10.5. The summed E-state index contributed by atoms with van der Waals surface area (Å²) in [5.41, 5.74) is 14.0. The average Bonchev–Trinajstić information content (AvgIpc) is 3.19. The minimum atomic E-state index is -0.990. The van der Waals surface area contributed by atoms with Crippen molar-refractivity contribution in [3.8, 4) is 5.75 Å². The number of ketones is 1. The molecule has 31 heavy (non-hydrogen) atoms. The van der Waals surface area contributed by atoms with E-state index in [9.17, 15) is 14.7 Å². The lowest BCUT2D eigenvalue weighted by Crippen LogP contribution is -2.57. The molecular weight excluding hydrogens is 464 g/mol. The molecule has 9 heteroatoms. The number of amides is 1. The van der Waals surface area contributed by atoms with Gasteiger partial charge in [0.25, 0.3) is 0 Å². The van der Waals surface area contributed by atoms with Crippen LogP contribution in [-0.2, 0) is 27.3 Å². The van der Waals surface area contributed by atoms with Gasteiger partial charge in [-0.1, -0.05) is 47.6 Å². The third kappa shape index (κ3) is 6.36. The maximum atomic E-state index is 13.1. The van der Waals surface area contributed by atoms with E-state index in [1.165, 1.54) is 12.1 Å². The number of aromatic hydroxyl groups is 1. The third-order valence-corrected chi connectivity index (χ3v) is 5.49. The summed E-state index contributed by atoms with van der Waals surface area (Å²) in [6, 6.07) is 13.1. The van der Waals surface area contributed by atoms with Gasteiger partial charge in [0.15, 0.2) is 11.9 Å². The lowest BCUT2D eigenvalue weighted by molar-refractivity contribution is -0.132. The second-order valence-electron chi connectivity index (χ2n) is 7.48. The summed E-state index contributed by atoms with van der Waals surface area (Å²) in [6.45, 7) is 0. The Labute approximate surface area is 188 Å². The number of nitrogens with one attached hydrogen (secondary N) is 1. The van der Waals surface area contributed by atoms with Crippen molar-refractivity contribution in [1.82, 2.24) is 5.32 Å². The van der Waals surface area contributed by atoms with E-state index in [0.29, 0.717) is 17.5 Å². The average molecular weight is 489 g/mol. The quantitative estimate of drug-likeness (QED) is 0.420. The van der Waals surface area contributed by atoms with Gasteiger partial charge in [-0.3, -0.25) is 9.59 Å². The van der Waals surface area contributed by atoms with Gasteiger partial charge >= 0.3 is 0 Å². The molecule has 2 unspecified atom stereocenters. The zero-order valence-corrected chi connectivity index (χ0v) is 18.4. The van der Waals surface area contributed by atoms with Crippen LogP contribution >= 0.6 is 15.9 Å². The molecule has 2 aromatic carbocycles. The molecule has 4 atom stereocenters. The number of benzene rings is 2. The zero-order chi connectivity index (χ0) is 22.4. The third-order valence-electron chi connectivity index (χ3n) is 5.03. The molecule has 1 aliphatic rings.